The van der Waals surface area contributed by atoms with Gasteiger partial charge in [0.05, 0.1) is 18.2 Å². The fourth-order valence-electron chi connectivity index (χ4n) is 1.72. The summed E-state index contributed by atoms with van der Waals surface area (Å²) in [5.74, 6) is 0.0777. The van der Waals surface area contributed by atoms with Gasteiger partial charge in [0.2, 0.25) is 5.91 Å². The number of carbonyl (C=O) groups is 1. The van der Waals surface area contributed by atoms with Crippen molar-refractivity contribution in [1.82, 2.24) is 0 Å². The van der Waals surface area contributed by atoms with Gasteiger partial charge in [-0.15, -0.1) is 11.8 Å². The molecule has 1 saturated heterocycles. The Kier molecular flexibility index (Phi) is 3.85. The molecule has 0 spiro atoms. The van der Waals surface area contributed by atoms with Crippen LogP contribution in [0.15, 0.2) is 29.2 Å². The van der Waals surface area contributed by atoms with Gasteiger partial charge in [-0.05, 0) is 24.8 Å². The summed E-state index contributed by atoms with van der Waals surface area (Å²) in [6.07, 6.45) is 2.83. The molecule has 0 aromatic heterocycles. The second-order valence-electron chi connectivity index (χ2n) is 3.75. The maximum Gasteiger partial charge on any atom is 0.229 e. The van der Waals surface area contributed by atoms with Crippen LogP contribution in [0.25, 0.3) is 0 Å². The van der Waals surface area contributed by atoms with Crippen LogP contribution in [0, 0.1) is 5.92 Å². The van der Waals surface area contributed by atoms with Gasteiger partial charge < -0.3 is 10.1 Å². The fourth-order valence-corrected chi connectivity index (χ4v) is 2.28. The van der Waals surface area contributed by atoms with Crippen molar-refractivity contribution in [2.45, 2.75) is 11.3 Å². The molecule has 1 atom stereocenters. The SMILES string of the molecule is CSc1ccccc1NC(=O)C1CCOC1. The molecule has 1 aromatic rings. The third-order valence-corrected chi connectivity index (χ3v) is 3.46. The number of carbonyl (C=O) groups excluding carboxylic acids is 1. The second-order valence-corrected chi connectivity index (χ2v) is 4.60. The predicted molar refractivity (Wildman–Crippen MR) is 65.8 cm³/mol. The number of hydrogen-bond acceptors (Lipinski definition) is 3. The van der Waals surface area contributed by atoms with Crippen molar-refractivity contribution in [2.24, 2.45) is 5.92 Å². The molecule has 1 aliphatic heterocycles. The van der Waals surface area contributed by atoms with E-state index in [0.717, 1.165) is 17.0 Å². The van der Waals surface area contributed by atoms with E-state index in [-0.39, 0.29) is 11.8 Å². The lowest BCUT2D eigenvalue weighted by Crippen LogP contribution is -2.23. The maximum atomic E-state index is 11.9. The number of benzene rings is 1. The lowest BCUT2D eigenvalue weighted by molar-refractivity contribution is -0.119. The van der Waals surface area contributed by atoms with E-state index >= 15 is 0 Å². The van der Waals surface area contributed by atoms with Crippen molar-refractivity contribution in [3.05, 3.63) is 24.3 Å². The van der Waals surface area contributed by atoms with E-state index in [1.165, 1.54) is 0 Å². The number of ether oxygens (including phenoxy) is 1. The minimum absolute atomic E-state index is 0.00918. The van der Waals surface area contributed by atoms with E-state index in [2.05, 4.69) is 5.32 Å². The van der Waals surface area contributed by atoms with Gasteiger partial charge in [-0.3, -0.25) is 4.79 Å². The van der Waals surface area contributed by atoms with Crippen LogP contribution in [0.1, 0.15) is 6.42 Å². The first-order chi connectivity index (χ1) is 7.81. The zero-order chi connectivity index (χ0) is 11.4. The number of thioether (sulfide) groups is 1. The Labute approximate surface area is 99.6 Å². The quantitative estimate of drug-likeness (QED) is 0.820. The van der Waals surface area contributed by atoms with Crippen LogP contribution in [0.2, 0.25) is 0 Å². The van der Waals surface area contributed by atoms with Crippen molar-refractivity contribution in [3.8, 4) is 0 Å². The highest BCUT2D eigenvalue weighted by Crippen LogP contribution is 2.25. The van der Waals surface area contributed by atoms with Gasteiger partial charge >= 0.3 is 0 Å². The Morgan fingerprint density at radius 2 is 2.31 bits per heavy atom. The van der Waals surface area contributed by atoms with E-state index in [1.54, 1.807) is 11.8 Å². The normalized spacial score (nSPS) is 19.7. The molecule has 16 heavy (non-hydrogen) atoms. The van der Waals surface area contributed by atoms with E-state index < -0.39 is 0 Å². The van der Waals surface area contributed by atoms with Gasteiger partial charge in [-0.25, -0.2) is 0 Å². The number of nitrogens with one attached hydrogen (secondary N) is 1. The molecule has 1 heterocycles. The van der Waals surface area contributed by atoms with Crippen LogP contribution >= 0.6 is 11.8 Å². The van der Waals surface area contributed by atoms with Crippen LogP contribution in [0.5, 0.6) is 0 Å². The van der Waals surface area contributed by atoms with Crippen LogP contribution in [0.3, 0.4) is 0 Å². The summed E-state index contributed by atoms with van der Waals surface area (Å²) < 4.78 is 5.21. The summed E-state index contributed by atoms with van der Waals surface area (Å²) in [5, 5.41) is 2.96. The van der Waals surface area contributed by atoms with E-state index in [0.29, 0.717) is 13.2 Å². The van der Waals surface area contributed by atoms with Gasteiger partial charge in [0, 0.05) is 11.5 Å². The molecule has 3 nitrogen and oxygen atoms in total. The van der Waals surface area contributed by atoms with E-state index in [1.807, 2.05) is 30.5 Å². The number of anilines is 1. The van der Waals surface area contributed by atoms with Crippen molar-refractivity contribution in [2.75, 3.05) is 24.8 Å². The first kappa shape index (κ1) is 11.5. The van der Waals surface area contributed by atoms with Gasteiger partial charge in [-0.1, -0.05) is 12.1 Å². The topological polar surface area (TPSA) is 38.3 Å². The van der Waals surface area contributed by atoms with E-state index in [9.17, 15) is 4.79 Å². The van der Waals surface area contributed by atoms with Crippen molar-refractivity contribution in [3.63, 3.8) is 0 Å². The molecular formula is C12H15NO2S. The second kappa shape index (κ2) is 5.37. The van der Waals surface area contributed by atoms with Crippen LogP contribution in [-0.2, 0) is 9.53 Å². The zero-order valence-electron chi connectivity index (χ0n) is 9.23. The Balaban J connectivity index is 2.05. The fraction of sp³-hybridized carbons (Fsp3) is 0.417. The van der Waals surface area contributed by atoms with Crippen LogP contribution in [-0.4, -0.2) is 25.4 Å². The monoisotopic (exact) mass is 237 g/mol. The third kappa shape index (κ3) is 2.57. The molecule has 1 N–H and O–H groups in total. The van der Waals surface area contributed by atoms with Gasteiger partial charge in [0.25, 0.3) is 0 Å². The molecule has 1 amide bonds. The standard InChI is InChI=1S/C12H15NO2S/c1-16-11-5-3-2-4-10(11)13-12(14)9-6-7-15-8-9/h2-5,9H,6-8H2,1H3,(H,13,14). The zero-order valence-corrected chi connectivity index (χ0v) is 10.0. The number of amides is 1. The Morgan fingerprint density at radius 3 is 3.00 bits per heavy atom. The van der Waals surface area contributed by atoms with Crippen LogP contribution in [0.4, 0.5) is 5.69 Å². The van der Waals surface area contributed by atoms with Crippen molar-refractivity contribution in [1.29, 1.82) is 0 Å². The van der Waals surface area contributed by atoms with Crippen molar-refractivity contribution >= 4 is 23.4 Å². The van der Waals surface area contributed by atoms with Crippen LogP contribution < -0.4 is 5.32 Å². The molecule has 2 rings (SSSR count). The molecule has 0 bridgehead atoms. The number of hydrogen-bond donors (Lipinski definition) is 1. The van der Waals surface area contributed by atoms with Gasteiger partial charge in [0.15, 0.2) is 0 Å². The molecule has 1 fully saturated rings. The summed E-state index contributed by atoms with van der Waals surface area (Å²) >= 11 is 1.63. The lowest BCUT2D eigenvalue weighted by Gasteiger charge is -2.11. The molecular weight excluding hydrogens is 222 g/mol. The minimum Gasteiger partial charge on any atom is -0.381 e. The first-order valence-electron chi connectivity index (χ1n) is 5.33. The Bertz CT molecular complexity index is 375. The molecule has 1 aromatic carbocycles. The van der Waals surface area contributed by atoms with Gasteiger partial charge in [-0.2, -0.15) is 0 Å². The summed E-state index contributed by atoms with van der Waals surface area (Å²) in [6, 6.07) is 7.84. The summed E-state index contributed by atoms with van der Waals surface area (Å²) in [6.45, 7) is 1.25. The van der Waals surface area contributed by atoms with E-state index in [4.69, 9.17) is 4.74 Å². The maximum absolute atomic E-state index is 11.9. The smallest absolute Gasteiger partial charge is 0.229 e. The number of rotatable bonds is 3. The average molecular weight is 237 g/mol. The van der Waals surface area contributed by atoms with Crippen molar-refractivity contribution < 1.29 is 9.53 Å². The highest BCUT2D eigenvalue weighted by Gasteiger charge is 2.23. The molecule has 86 valence electrons. The predicted octanol–water partition coefficient (Wildman–Crippen LogP) is 2.38. The molecule has 4 heteroatoms. The summed E-state index contributed by atoms with van der Waals surface area (Å²) in [4.78, 5) is 13.0. The highest BCUT2D eigenvalue weighted by molar-refractivity contribution is 7.98. The molecule has 1 unspecified atom stereocenters. The van der Waals surface area contributed by atoms with Gasteiger partial charge in [0.1, 0.15) is 0 Å². The Hall–Kier alpha value is -1.00. The highest BCUT2D eigenvalue weighted by atomic mass is 32.2. The average Bonchev–Trinajstić information content (AvgIpc) is 2.83. The molecule has 0 aliphatic carbocycles. The summed E-state index contributed by atoms with van der Waals surface area (Å²) in [7, 11) is 0. The molecule has 0 saturated carbocycles. The first-order valence-corrected chi connectivity index (χ1v) is 6.55. The molecule has 0 radical (unpaired) electrons. The summed E-state index contributed by atoms with van der Waals surface area (Å²) in [5.41, 5.74) is 0.895. The lowest BCUT2D eigenvalue weighted by atomic mass is 10.1. The number of para-hydroxylation sites is 1. The third-order valence-electron chi connectivity index (χ3n) is 2.67. The molecule has 1 aliphatic rings. The minimum atomic E-state index is 0.00918. The largest absolute Gasteiger partial charge is 0.381 e. The Morgan fingerprint density at radius 1 is 1.50 bits per heavy atom.